The van der Waals surface area contributed by atoms with Gasteiger partial charge in [-0.2, -0.15) is 5.10 Å². The van der Waals surface area contributed by atoms with Gasteiger partial charge < -0.3 is 10.1 Å². The lowest BCUT2D eigenvalue weighted by Gasteiger charge is -2.09. The zero-order valence-corrected chi connectivity index (χ0v) is 16.9. The average Bonchev–Trinajstić information content (AvgIpc) is 2.99. The Labute approximate surface area is 163 Å². The number of hydrogen-bond donors (Lipinski definition) is 1. The molecule has 1 amide bonds. The van der Waals surface area contributed by atoms with E-state index >= 15 is 0 Å². The number of para-hydroxylation sites is 1. The minimum atomic E-state index is 0.0262. The smallest absolute Gasteiger partial charge is 0.230 e. The van der Waals surface area contributed by atoms with Gasteiger partial charge in [0.2, 0.25) is 5.91 Å². The van der Waals surface area contributed by atoms with Crippen molar-refractivity contribution in [2.24, 2.45) is 0 Å². The van der Waals surface area contributed by atoms with Crippen molar-refractivity contribution in [3.8, 4) is 16.9 Å². The number of amides is 1. The highest BCUT2D eigenvalue weighted by atomic mass is 32.2. The predicted octanol–water partition coefficient (Wildman–Crippen LogP) is 3.64. The van der Waals surface area contributed by atoms with Crippen LogP contribution in [0.1, 0.15) is 24.7 Å². The maximum atomic E-state index is 12.0. The predicted molar refractivity (Wildman–Crippen MR) is 108 cm³/mol. The summed E-state index contributed by atoms with van der Waals surface area (Å²) in [5.41, 5.74) is 4.44. The normalized spacial score (nSPS) is 11.0. The monoisotopic (exact) mass is 384 g/mol. The fraction of sp³-hybridized carbons (Fsp3) is 0.350. The second kappa shape index (κ2) is 8.43. The Bertz CT molecular complexity index is 968. The third-order valence-electron chi connectivity index (χ3n) is 4.16. The van der Waals surface area contributed by atoms with E-state index in [1.54, 1.807) is 7.11 Å². The Kier molecular flexibility index (Phi) is 6.01. The first-order chi connectivity index (χ1) is 13.0. The van der Waals surface area contributed by atoms with Crippen molar-refractivity contribution in [1.82, 2.24) is 19.9 Å². The van der Waals surface area contributed by atoms with E-state index in [0.717, 1.165) is 45.4 Å². The molecule has 1 aromatic carbocycles. The van der Waals surface area contributed by atoms with Crippen LogP contribution in [0.2, 0.25) is 0 Å². The number of carbonyl (C=O) groups is 1. The number of methoxy groups -OCH3 is 1. The van der Waals surface area contributed by atoms with E-state index in [4.69, 9.17) is 14.8 Å². The molecule has 6 nitrogen and oxygen atoms in total. The van der Waals surface area contributed by atoms with E-state index in [0.29, 0.717) is 12.3 Å². The summed E-state index contributed by atoms with van der Waals surface area (Å²) in [7, 11) is 1.66. The Hall–Kier alpha value is -2.54. The number of ether oxygens (including phenoxy) is 1. The number of nitrogens with zero attached hydrogens (tertiary/aromatic N) is 3. The zero-order valence-electron chi connectivity index (χ0n) is 16.1. The van der Waals surface area contributed by atoms with Crippen LogP contribution in [-0.4, -0.2) is 39.9 Å². The molecule has 3 aromatic rings. The van der Waals surface area contributed by atoms with Crippen molar-refractivity contribution in [2.75, 3.05) is 19.4 Å². The quantitative estimate of drug-likeness (QED) is 0.497. The summed E-state index contributed by atoms with van der Waals surface area (Å²) < 4.78 is 7.35. The van der Waals surface area contributed by atoms with Crippen LogP contribution in [0, 0.1) is 13.8 Å². The lowest BCUT2D eigenvalue weighted by molar-refractivity contribution is -0.118. The molecule has 27 heavy (non-hydrogen) atoms. The fourth-order valence-corrected chi connectivity index (χ4v) is 3.82. The van der Waals surface area contributed by atoms with Crippen LogP contribution in [0.5, 0.6) is 5.75 Å². The number of aromatic nitrogens is 3. The number of rotatable bonds is 7. The van der Waals surface area contributed by atoms with Gasteiger partial charge in [-0.05, 0) is 32.4 Å². The second-order valence-electron chi connectivity index (χ2n) is 6.27. The van der Waals surface area contributed by atoms with E-state index in [1.807, 2.05) is 55.6 Å². The molecular formula is C20H24N4O2S. The summed E-state index contributed by atoms with van der Waals surface area (Å²) in [5, 5.41) is 8.49. The van der Waals surface area contributed by atoms with Crippen LogP contribution in [0.3, 0.4) is 0 Å². The van der Waals surface area contributed by atoms with Crippen molar-refractivity contribution in [3.05, 3.63) is 41.7 Å². The van der Waals surface area contributed by atoms with Crippen molar-refractivity contribution in [1.29, 1.82) is 0 Å². The molecular weight excluding hydrogens is 360 g/mol. The van der Waals surface area contributed by atoms with Gasteiger partial charge in [0, 0.05) is 17.8 Å². The summed E-state index contributed by atoms with van der Waals surface area (Å²) in [4.78, 5) is 16.7. The molecule has 2 heterocycles. The molecule has 0 fully saturated rings. The third kappa shape index (κ3) is 4.08. The topological polar surface area (TPSA) is 68.5 Å². The van der Waals surface area contributed by atoms with Crippen LogP contribution in [0.25, 0.3) is 16.8 Å². The summed E-state index contributed by atoms with van der Waals surface area (Å²) in [6, 6.07) is 9.82. The van der Waals surface area contributed by atoms with Gasteiger partial charge >= 0.3 is 0 Å². The van der Waals surface area contributed by atoms with Crippen molar-refractivity contribution in [3.63, 3.8) is 0 Å². The molecule has 1 N–H and O–H groups in total. The Morgan fingerprint density at radius 1 is 1.30 bits per heavy atom. The van der Waals surface area contributed by atoms with Crippen molar-refractivity contribution >= 4 is 23.3 Å². The van der Waals surface area contributed by atoms with Crippen LogP contribution < -0.4 is 10.1 Å². The molecule has 0 spiro atoms. The first-order valence-corrected chi connectivity index (χ1v) is 9.93. The molecule has 0 saturated carbocycles. The standard InChI is InChI=1S/C20H24N4O2S/c1-5-10-21-17(25)12-27-18-11-13(2)22-20-19(14(3)23-24(18)20)15-8-6-7-9-16(15)26-4/h6-9,11H,5,10,12H2,1-4H3,(H,21,25). The molecule has 0 saturated heterocycles. The molecule has 0 aliphatic carbocycles. The van der Waals surface area contributed by atoms with Gasteiger partial charge in [-0.25, -0.2) is 9.50 Å². The average molecular weight is 385 g/mol. The number of fused-ring (bicyclic) bond motifs is 1. The Balaban J connectivity index is 2.03. The second-order valence-corrected chi connectivity index (χ2v) is 7.27. The molecule has 2 aromatic heterocycles. The van der Waals surface area contributed by atoms with Gasteiger partial charge in [-0.15, -0.1) is 0 Å². The number of aryl methyl sites for hydroxylation is 2. The molecule has 0 unspecified atom stereocenters. The first kappa shape index (κ1) is 19.2. The zero-order chi connectivity index (χ0) is 19.4. The molecule has 0 bridgehead atoms. The van der Waals surface area contributed by atoms with Gasteiger partial charge in [-0.3, -0.25) is 4.79 Å². The maximum absolute atomic E-state index is 12.0. The summed E-state index contributed by atoms with van der Waals surface area (Å²) in [6.07, 6.45) is 0.926. The molecule has 7 heteroatoms. The van der Waals surface area contributed by atoms with Crippen LogP contribution >= 0.6 is 11.8 Å². The summed E-state index contributed by atoms with van der Waals surface area (Å²) in [6.45, 7) is 6.65. The lowest BCUT2D eigenvalue weighted by atomic mass is 10.1. The lowest BCUT2D eigenvalue weighted by Crippen LogP contribution is -2.25. The minimum Gasteiger partial charge on any atom is -0.496 e. The van der Waals surface area contributed by atoms with E-state index in [-0.39, 0.29) is 5.91 Å². The van der Waals surface area contributed by atoms with Crippen LogP contribution in [0.4, 0.5) is 0 Å². The maximum Gasteiger partial charge on any atom is 0.230 e. The molecule has 142 valence electrons. The number of hydrogen-bond acceptors (Lipinski definition) is 5. The van der Waals surface area contributed by atoms with Crippen molar-refractivity contribution in [2.45, 2.75) is 32.2 Å². The van der Waals surface area contributed by atoms with Gasteiger partial charge in [0.05, 0.1) is 24.1 Å². The molecule has 0 aliphatic heterocycles. The summed E-state index contributed by atoms with van der Waals surface area (Å²) in [5.74, 6) is 1.16. The SMILES string of the molecule is CCCNC(=O)CSc1cc(C)nc2c(-c3ccccc3OC)c(C)nn12. The van der Waals surface area contributed by atoms with Gasteiger partial charge in [0.15, 0.2) is 5.65 Å². The summed E-state index contributed by atoms with van der Waals surface area (Å²) >= 11 is 1.47. The van der Waals surface area contributed by atoms with Crippen molar-refractivity contribution < 1.29 is 9.53 Å². The third-order valence-corrected chi connectivity index (χ3v) is 5.15. The van der Waals surface area contributed by atoms with E-state index in [1.165, 1.54) is 11.8 Å². The van der Waals surface area contributed by atoms with E-state index in [2.05, 4.69) is 5.32 Å². The largest absolute Gasteiger partial charge is 0.496 e. The Morgan fingerprint density at radius 3 is 2.81 bits per heavy atom. The number of thioether (sulfide) groups is 1. The minimum absolute atomic E-state index is 0.0262. The first-order valence-electron chi connectivity index (χ1n) is 8.95. The highest BCUT2D eigenvalue weighted by Crippen LogP contribution is 2.35. The fourth-order valence-electron chi connectivity index (χ4n) is 2.94. The van der Waals surface area contributed by atoms with Gasteiger partial charge in [0.1, 0.15) is 10.8 Å². The molecule has 0 atom stereocenters. The van der Waals surface area contributed by atoms with Crippen LogP contribution in [0.15, 0.2) is 35.4 Å². The molecule has 0 aliphatic rings. The van der Waals surface area contributed by atoms with E-state index < -0.39 is 0 Å². The molecule has 0 radical (unpaired) electrons. The number of benzene rings is 1. The highest BCUT2D eigenvalue weighted by molar-refractivity contribution is 7.99. The van der Waals surface area contributed by atoms with Gasteiger partial charge in [-0.1, -0.05) is 36.9 Å². The van der Waals surface area contributed by atoms with E-state index in [9.17, 15) is 4.79 Å². The highest BCUT2D eigenvalue weighted by Gasteiger charge is 2.19. The number of carbonyl (C=O) groups excluding carboxylic acids is 1. The number of nitrogens with one attached hydrogen (secondary N) is 1. The molecule has 3 rings (SSSR count). The Morgan fingerprint density at radius 2 is 2.07 bits per heavy atom. The van der Waals surface area contributed by atoms with Crippen LogP contribution in [-0.2, 0) is 4.79 Å². The van der Waals surface area contributed by atoms with Gasteiger partial charge in [0.25, 0.3) is 0 Å².